The second-order valence-corrected chi connectivity index (χ2v) is 7.30. The van der Waals surface area contributed by atoms with Crippen molar-refractivity contribution in [3.05, 3.63) is 32.6 Å². The lowest BCUT2D eigenvalue weighted by molar-refractivity contribution is -0.269. The van der Waals surface area contributed by atoms with E-state index in [1.807, 2.05) is 0 Å². The van der Waals surface area contributed by atoms with Gasteiger partial charge in [0.1, 0.15) is 18.3 Å². The van der Waals surface area contributed by atoms with Crippen molar-refractivity contribution < 1.29 is 56.0 Å². The van der Waals surface area contributed by atoms with Gasteiger partial charge in [0, 0.05) is 33.9 Å². The standard InChI is InChI=1S/C19H21F3N2O11/c1-7(25)31-6-12-13(32-8(2)26)14(33-9(3)27)15(34-10(4)28)17(35-12)24-5-11(19(20,21)22)16(29)23-18(24)30/h5,12-15,17H,6H2,1-4H3,(H,23,29,30)/t12-,13-,14+,15-,17-/m1/s1. The smallest absolute Gasteiger partial charge is 0.423 e. The van der Waals surface area contributed by atoms with Gasteiger partial charge in [-0.25, -0.2) is 4.79 Å². The Morgan fingerprint density at radius 2 is 1.43 bits per heavy atom. The molecule has 2 heterocycles. The Kier molecular flexibility index (Phi) is 8.43. The molecule has 0 unspecified atom stereocenters. The molecular weight excluding hydrogens is 489 g/mol. The molecule has 1 aliphatic rings. The molecule has 5 atom stereocenters. The Balaban J connectivity index is 2.74. The quantitative estimate of drug-likeness (QED) is 0.398. The predicted molar refractivity (Wildman–Crippen MR) is 104 cm³/mol. The third kappa shape index (κ3) is 6.91. The van der Waals surface area contributed by atoms with Crippen LogP contribution >= 0.6 is 0 Å². The highest BCUT2D eigenvalue weighted by atomic mass is 19.4. The molecule has 1 aromatic rings. The average molecular weight is 510 g/mol. The van der Waals surface area contributed by atoms with Crippen molar-refractivity contribution in [3.8, 4) is 0 Å². The summed E-state index contributed by atoms with van der Waals surface area (Å²) in [5.41, 5.74) is -4.93. The molecule has 13 nitrogen and oxygen atoms in total. The number of carbonyl (C=O) groups is 4. The first kappa shape index (κ1) is 27.6. The Morgan fingerprint density at radius 3 is 1.91 bits per heavy atom. The van der Waals surface area contributed by atoms with Crippen LogP contribution in [0.25, 0.3) is 0 Å². The summed E-state index contributed by atoms with van der Waals surface area (Å²) in [5.74, 6) is -3.77. The zero-order valence-electron chi connectivity index (χ0n) is 18.7. The van der Waals surface area contributed by atoms with Crippen LogP contribution in [0.2, 0.25) is 0 Å². The van der Waals surface area contributed by atoms with E-state index in [1.165, 1.54) is 4.98 Å². The van der Waals surface area contributed by atoms with Gasteiger partial charge in [-0.1, -0.05) is 0 Å². The number of rotatable bonds is 6. The zero-order chi connectivity index (χ0) is 26.7. The van der Waals surface area contributed by atoms with Crippen LogP contribution in [0.1, 0.15) is 39.5 Å². The Hall–Kier alpha value is -3.69. The van der Waals surface area contributed by atoms with Gasteiger partial charge in [0.25, 0.3) is 5.56 Å². The van der Waals surface area contributed by atoms with Gasteiger partial charge in [-0.2, -0.15) is 13.2 Å². The summed E-state index contributed by atoms with van der Waals surface area (Å²) < 4.78 is 66.1. The number of H-pyrrole nitrogens is 1. The van der Waals surface area contributed by atoms with Crippen LogP contribution < -0.4 is 11.2 Å². The molecule has 0 radical (unpaired) electrons. The van der Waals surface area contributed by atoms with E-state index in [1.54, 1.807) is 0 Å². The second kappa shape index (κ2) is 10.7. The molecule has 1 N–H and O–H groups in total. The van der Waals surface area contributed by atoms with Crippen molar-refractivity contribution in [1.82, 2.24) is 9.55 Å². The SMILES string of the molecule is CC(=O)OC[C@H]1O[C@@H](n2cc(C(F)(F)F)c(=O)[nH]c2=O)[C@H](OC(C)=O)[C@@H](OC(C)=O)[C@@H]1OC(C)=O. The van der Waals surface area contributed by atoms with E-state index in [9.17, 15) is 41.9 Å². The monoisotopic (exact) mass is 510 g/mol. The number of carbonyl (C=O) groups excluding carboxylic acids is 4. The molecule has 0 bridgehead atoms. The first-order valence-corrected chi connectivity index (χ1v) is 9.85. The minimum absolute atomic E-state index is 0.127. The van der Waals surface area contributed by atoms with Gasteiger partial charge in [0.15, 0.2) is 24.5 Å². The summed E-state index contributed by atoms with van der Waals surface area (Å²) >= 11 is 0. The van der Waals surface area contributed by atoms with Crippen molar-refractivity contribution in [2.45, 2.75) is 64.5 Å². The zero-order valence-corrected chi connectivity index (χ0v) is 18.7. The minimum Gasteiger partial charge on any atom is -0.463 e. The molecule has 1 aromatic heterocycles. The number of hydrogen-bond acceptors (Lipinski definition) is 11. The normalized spacial score (nSPS) is 24.3. The fourth-order valence-corrected chi connectivity index (χ4v) is 3.31. The van der Waals surface area contributed by atoms with E-state index in [0.29, 0.717) is 0 Å². The van der Waals surface area contributed by atoms with Crippen molar-refractivity contribution in [3.63, 3.8) is 0 Å². The van der Waals surface area contributed by atoms with E-state index >= 15 is 0 Å². The van der Waals surface area contributed by atoms with Gasteiger partial charge in [-0.3, -0.25) is 33.5 Å². The number of aromatic amines is 1. The van der Waals surface area contributed by atoms with E-state index in [2.05, 4.69) is 0 Å². The lowest BCUT2D eigenvalue weighted by Crippen LogP contribution is -2.61. The Morgan fingerprint density at radius 1 is 0.914 bits per heavy atom. The highest BCUT2D eigenvalue weighted by Crippen LogP contribution is 2.35. The van der Waals surface area contributed by atoms with Crippen molar-refractivity contribution in [2.24, 2.45) is 0 Å². The summed E-state index contributed by atoms with van der Waals surface area (Å²) in [5, 5.41) is 0. The molecule has 194 valence electrons. The number of alkyl halides is 3. The van der Waals surface area contributed by atoms with Crippen LogP contribution in [-0.2, 0) is 49.0 Å². The van der Waals surface area contributed by atoms with E-state index < -0.39 is 84.1 Å². The fraction of sp³-hybridized carbons (Fsp3) is 0.579. The maximum Gasteiger partial charge on any atom is 0.423 e. The average Bonchev–Trinajstić information content (AvgIpc) is 2.68. The van der Waals surface area contributed by atoms with E-state index in [0.717, 1.165) is 27.7 Å². The highest BCUT2D eigenvalue weighted by molar-refractivity contribution is 5.68. The summed E-state index contributed by atoms with van der Waals surface area (Å²) in [4.78, 5) is 72.2. The summed E-state index contributed by atoms with van der Waals surface area (Å²) in [6, 6.07) is 0. The van der Waals surface area contributed by atoms with Crippen LogP contribution in [0, 0.1) is 0 Å². The van der Waals surface area contributed by atoms with E-state index in [4.69, 9.17) is 23.7 Å². The van der Waals surface area contributed by atoms with Gasteiger partial charge in [-0.05, 0) is 0 Å². The maximum atomic E-state index is 13.3. The third-order valence-electron chi connectivity index (χ3n) is 4.51. The number of esters is 4. The molecule has 0 amide bonds. The minimum atomic E-state index is -5.19. The third-order valence-corrected chi connectivity index (χ3v) is 4.51. The molecule has 1 fully saturated rings. The van der Waals surface area contributed by atoms with Gasteiger partial charge >= 0.3 is 35.7 Å². The molecule has 0 aliphatic carbocycles. The van der Waals surface area contributed by atoms with Crippen LogP contribution in [0.4, 0.5) is 13.2 Å². The van der Waals surface area contributed by atoms with Gasteiger partial charge < -0.3 is 23.7 Å². The molecule has 1 saturated heterocycles. The molecule has 2 rings (SSSR count). The lowest BCUT2D eigenvalue weighted by Gasteiger charge is -2.44. The van der Waals surface area contributed by atoms with Gasteiger partial charge in [0.05, 0.1) is 0 Å². The molecular formula is C19H21F3N2O11. The molecule has 0 saturated carbocycles. The second-order valence-electron chi connectivity index (χ2n) is 7.30. The lowest BCUT2D eigenvalue weighted by atomic mass is 9.97. The number of ether oxygens (including phenoxy) is 5. The molecule has 35 heavy (non-hydrogen) atoms. The van der Waals surface area contributed by atoms with Crippen molar-refractivity contribution in [1.29, 1.82) is 0 Å². The topological polar surface area (TPSA) is 169 Å². The van der Waals surface area contributed by atoms with Gasteiger partial charge in [-0.15, -0.1) is 0 Å². The largest absolute Gasteiger partial charge is 0.463 e. The van der Waals surface area contributed by atoms with E-state index in [-0.39, 0.29) is 10.8 Å². The first-order chi connectivity index (χ1) is 16.1. The number of halogens is 3. The highest BCUT2D eigenvalue weighted by Gasteiger charge is 2.53. The summed E-state index contributed by atoms with van der Waals surface area (Å²) in [6.45, 7) is 3.18. The van der Waals surface area contributed by atoms with Crippen molar-refractivity contribution >= 4 is 23.9 Å². The molecule has 1 aliphatic heterocycles. The molecule has 0 spiro atoms. The number of aromatic nitrogens is 2. The summed E-state index contributed by atoms with van der Waals surface area (Å²) in [6.07, 6.45) is -13.7. The maximum absolute atomic E-state index is 13.3. The Bertz CT molecular complexity index is 1110. The first-order valence-electron chi connectivity index (χ1n) is 9.85. The Labute approximate surface area is 194 Å². The van der Waals surface area contributed by atoms with Crippen molar-refractivity contribution in [2.75, 3.05) is 6.61 Å². The fourth-order valence-electron chi connectivity index (χ4n) is 3.31. The van der Waals surface area contributed by atoms with Crippen LogP contribution in [0.15, 0.2) is 15.8 Å². The number of hydrogen-bond donors (Lipinski definition) is 1. The number of nitrogens with zero attached hydrogens (tertiary/aromatic N) is 1. The van der Waals surface area contributed by atoms with Crippen LogP contribution in [0.5, 0.6) is 0 Å². The molecule has 0 aromatic carbocycles. The number of nitrogens with one attached hydrogen (secondary N) is 1. The van der Waals surface area contributed by atoms with Crippen LogP contribution in [0.3, 0.4) is 0 Å². The van der Waals surface area contributed by atoms with Gasteiger partial charge in [0.2, 0.25) is 0 Å². The summed E-state index contributed by atoms with van der Waals surface area (Å²) in [7, 11) is 0. The van der Waals surface area contributed by atoms with Crippen LogP contribution in [-0.4, -0.2) is 64.5 Å². The predicted octanol–water partition coefficient (Wildman–Crippen LogP) is -0.189. The molecule has 16 heteroatoms.